The van der Waals surface area contributed by atoms with E-state index in [1.54, 1.807) is 0 Å². The van der Waals surface area contributed by atoms with Crippen LogP contribution in [-0.2, 0) is 0 Å². The fourth-order valence-electron chi connectivity index (χ4n) is 2.47. The lowest BCUT2D eigenvalue weighted by Crippen LogP contribution is -2.39. The molecule has 0 aliphatic carbocycles. The molecule has 0 aromatic heterocycles. The fraction of sp³-hybridized carbons (Fsp3) is 0.538. The molecule has 1 fully saturated rings. The van der Waals surface area contributed by atoms with Crippen LogP contribution in [0.5, 0.6) is 0 Å². The Kier molecular flexibility index (Phi) is 4.05. The maximum atomic E-state index is 6.25. The molecule has 0 spiro atoms. The second-order valence-corrected chi connectivity index (χ2v) is 5.51. The minimum absolute atomic E-state index is 0.0151. The van der Waals surface area contributed by atoms with Crippen LogP contribution in [0.4, 0.5) is 0 Å². The highest BCUT2D eigenvalue weighted by Gasteiger charge is 2.35. The first-order chi connectivity index (χ1) is 8.09. The van der Waals surface area contributed by atoms with Gasteiger partial charge in [-0.1, -0.05) is 43.6 Å². The molecule has 1 saturated heterocycles. The quantitative estimate of drug-likeness (QED) is 0.776. The lowest BCUT2D eigenvalue weighted by atomic mass is 9.86. The van der Waals surface area contributed by atoms with Gasteiger partial charge in [0, 0.05) is 10.9 Å². The van der Waals surface area contributed by atoms with E-state index in [1.807, 2.05) is 18.2 Å². The van der Waals surface area contributed by atoms with Gasteiger partial charge in [0.05, 0.1) is 12.2 Å². The van der Waals surface area contributed by atoms with E-state index in [-0.39, 0.29) is 12.2 Å². The lowest BCUT2D eigenvalue weighted by molar-refractivity contribution is 0.344. The first-order valence-electron chi connectivity index (χ1n) is 6.10. The Morgan fingerprint density at radius 1 is 1.29 bits per heavy atom. The fourth-order valence-corrected chi connectivity index (χ4v) is 2.72. The average molecular weight is 254 g/mol. The first-order valence-corrected chi connectivity index (χ1v) is 6.48. The molecule has 1 heterocycles. The molecule has 1 aliphatic heterocycles. The van der Waals surface area contributed by atoms with E-state index in [2.05, 4.69) is 30.8 Å². The molecule has 4 heteroatoms. The molecule has 0 amide bonds. The van der Waals surface area contributed by atoms with E-state index in [0.717, 1.165) is 17.0 Å². The van der Waals surface area contributed by atoms with Gasteiger partial charge in [-0.25, -0.2) is 10.9 Å². The molecule has 3 nitrogen and oxygen atoms in total. The maximum Gasteiger partial charge on any atom is 0.0726 e. The highest BCUT2D eigenvalue weighted by Crippen LogP contribution is 2.35. The van der Waals surface area contributed by atoms with E-state index in [0.29, 0.717) is 11.8 Å². The van der Waals surface area contributed by atoms with Crippen LogP contribution in [0.2, 0.25) is 5.02 Å². The third kappa shape index (κ3) is 2.80. The number of benzene rings is 1. The van der Waals surface area contributed by atoms with Gasteiger partial charge in [-0.3, -0.25) is 0 Å². The number of halogens is 1. The van der Waals surface area contributed by atoms with Crippen molar-refractivity contribution in [3.05, 3.63) is 34.9 Å². The summed E-state index contributed by atoms with van der Waals surface area (Å²) in [6, 6.07) is 8.15. The van der Waals surface area contributed by atoms with E-state index >= 15 is 0 Å². The highest BCUT2D eigenvalue weighted by atomic mass is 35.5. The van der Waals surface area contributed by atoms with Crippen LogP contribution in [0.1, 0.15) is 31.9 Å². The van der Waals surface area contributed by atoms with Crippen molar-refractivity contribution in [3.63, 3.8) is 0 Å². The molecular weight excluding hydrogens is 234 g/mol. The Morgan fingerprint density at radius 2 is 2.00 bits per heavy atom. The summed E-state index contributed by atoms with van der Waals surface area (Å²) in [4.78, 5) is 0. The average Bonchev–Trinajstić information content (AvgIpc) is 2.61. The van der Waals surface area contributed by atoms with Crippen molar-refractivity contribution >= 4 is 11.6 Å². The molecule has 1 aliphatic rings. The van der Waals surface area contributed by atoms with Crippen LogP contribution in [0.25, 0.3) is 0 Å². The molecule has 1 aromatic rings. The zero-order valence-electron chi connectivity index (χ0n) is 10.3. The number of nitrogens with one attached hydrogen (secondary N) is 2. The number of rotatable bonds is 3. The van der Waals surface area contributed by atoms with Gasteiger partial charge in [-0.05, 0) is 24.0 Å². The smallest absolute Gasteiger partial charge is 0.0726 e. The van der Waals surface area contributed by atoms with Crippen molar-refractivity contribution in [3.8, 4) is 0 Å². The number of hydrogen-bond acceptors (Lipinski definition) is 3. The second-order valence-electron chi connectivity index (χ2n) is 5.11. The van der Waals surface area contributed by atoms with Crippen LogP contribution in [0.15, 0.2) is 24.3 Å². The second kappa shape index (κ2) is 5.36. The van der Waals surface area contributed by atoms with Crippen LogP contribution in [0, 0.1) is 11.8 Å². The van der Waals surface area contributed by atoms with Gasteiger partial charge < -0.3 is 5.73 Å². The van der Waals surface area contributed by atoms with Gasteiger partial charge in [0.15, 0.2) is 0 Å². The van der Waals surface area contributed by atoms with E-state index < -0.39 is 0 Å². The molecule has 0 saturated carbocycles. The highest BCUT2D eigenvalue weighted by molar-refractivity contribution is 6.31. The van der Waals surface area contributed by atoms with Crippen LogP contribution >= 0.6 is 11.6 Å². The molecule has 0 bridgehead atoms. The van der Waals surface area contributed by atoms with Gasteiger partial charge in [0.1, 0.15) is 0 Å². The van der Waals surface area contributed by atoms with Crippen molar-refractivity contribution < 1.29 is 0 Å². The van der Waals surface area contributed by atoms with Crippen molar-refractivity contribution in [2.45, 2.75) is 32.5 Å². The Hall–Kier alpha value is -0.610. The van der Waals surface area contributed by atoms with Crippen LogP contribution in [0.3, 0.4) is 0 Å². The Labute approximate surface area is 108 Å². The predicted octanol–water partition coefficient (Wildman–Crippen LogP) is 2.44. The largest absolute Gasteiger partial charge is 0.315 e. The topological polar surface area (TPSA) is 50.1 Å². The Balaban J connectivity index is 2.22. The minimum atomic E-state index is -0.0151. The van der Waals surface area contributed by atoms with Crippen molar-refractivity contribution in [1.82, 2.24) is 10.9 Å². The summed E-state index contributed by atoms with van der Waals surface area (Å²) in [7, 11) is 0. The number of nitrogens with two attached hydrogens (primary N) is 1. The third-order valence-electron chi connectivity index (χ3n) is 3.28. The minimum Gasteiger partial charge on any atom is -0.315 e. The zero-order chi connectivity index (χ0) is 12.4. The van der Waals surface area contributed by atoms with Gasteiger partial charge in [-0.2, -0.15) is 0 Å². The molecule has 94 valence electrons. The summed E-state index contributed by atoms with van der Waals surface area (Å²) >= 11 is 6.25. The van der Waals surface area contributed by atoms with Gasteiger partial charge in [-0.15, -0.1) is 0 Å². The maximum absolute atomic E-state index is 6.25. The molecule has 0 radical (unpaired) electrons. The van der Waals surface area contributed by atoms with Crippen LogP contribution < -0.4 is 16.6 Å². The van der Waals surface area contributed by atoms with Crippen LogP contribution in [-0.4, -0.2) is 6.17 Å². The number of hydrogen-bond donors (Lipinski definition) is 3. The van der Waals surface area contributed by atoms with Gasteiger partial charge in [0.2, 0.25) is 0 Å². The third-order valence-corrected chi connectivity index (χ3v) is 3.62. The van der Waals surface area contributed by atoms with E-state index in [9.17, 15) is 0 Å². The van der Waals surface area contributed by atoms with Crippen molar-refractivity contribution in [2.75, 3.05) is 0 Å². The molecule has 3 atom stereocenters. The molecular formula is C13H20ClN3. The van der Waals surface area contributed by atoms with Crippen molar-refractivity contribution in [1.29, 1.82) is 0 Å². The standard InChI is InChI=1S/C13H20ClN3/c1-8(2)7-10-12(16-17-13(10)15)9-5-3-4-6-11(9)14/h3-6,8,10,12-13,16-17H,7,15H2,1-2H3. The summed E-state index contributed by atoms with van der Waals surface area (Å²) in [5.41, 5.74) is 13.6. The lowest BCUT2D eigenvalue weighted by Gasteiger charge is -2.23. The molecule has 1 aromatic carbocycles. The molecule has 3 unspecified atom stereocenters. The van der Waals surface area contributed by atoms with Crippen molar-refractivity contribution in [2.24, 2.45) is 17.6 Å². The molecule has 2 rings (SSSR count). The zero-order valence-corrected chi connectivity index (χ0v) is 11.0. The van der Waals surface area contributed by atoms with Gasteiger partial charge >= 0.3 is 0 Å². The Bertz CT molecular complexity index is 381. The first kappa shape index (κ1) is 12.8. The molecule has 4 N–H and O–H groups in total. The summed E-state index contributed by atoms with van der Waals surface area (Å²) in [5.74, 6) is 0.993. The molecule has 17 heavy (non-hydrogen) atoms. The Morgan fingerprint density at radius 3 is 2.65 bits per heavy atom. The summed E-state index contributed by atoms with van der Waals surface area (Å²) in [5, 5.41) is 0.801. The normalized spacial score (nSPS) is 28.9. The van der Waals surface area contributed by atoms with E-state index in [1.165, 1.54) is 0 Å². The monoisotopic (exact) mass is 253 g/mol. The van der Waals surface area contributed by atoms with E-state index in [4.69, 9.17) is 17.3 Å². The summed E-state index contributed by atoms with van der Waals surface area (Å²) < 4.78 is 0. The summed E-state index contributed by atoms with van der Waals surface area (Å²) in [6.45, 7) is 4.43. The number of hydrazine groups is 1. The summed E-state index contributed by atoms with van der Waals surface area (Å²) in [6.07, 6.45) is 1.07. The van der Waals surface area contributed by atoms with Gasteiger partial charge in [0.25, 0.3) is 0 Å². The predicted molar refractivity (Wildman–Crippen MR) is 71.4 cm³/mol. The SMILES string of the molecule is CC(C)CC1C(N)NNC1c1ccccc1Cl.